The van der Waals surface area contributed by atoms with E-state index < -0.39 is 5.60 Å². The van der Waals surface area contributed by atoms with Gasteiger partial charge >= 0.3 is 0 Å². The molecule has 2 atom stereocenters. The van der Waals surface area contributed by atoms with Crippen molar-refractivity contribution in [2.75, 3.05) is 26.7 Å². The quantitative estimate of drug-likeness (QED) is 0.700. The summed E-state index contributed by atoms with van der Waals surface area (Å²) in [5.74, 6) is 2.13. The Kier molecular flexibility index (Phi) is 7.26. The summed E-state index contributed by atoms with van der Waals surface area (Å²) in [6.07, 6.45) is 5.40. The van der Waals surface area contributed by atoms with Gasteiger partial charge in [0, 0.05) is 12.1 Å². The molecule has 29 heavy (non-hydrogen) atoms. The summed E-state index contributed by atoms with van der Waals surface area (Å²) < 4.78 is 5.58. The van der Waals surface area contributed by atoms with Crippen LogP contribution in [0.3, 0.4) is 0 Å². The minimum Gasteiger partial charge on any atom is -0.496 e. The van der Waals surface area contributed by atoms with Gasteiger partial charge < -0.3 is 14.7 Å². The Morgan fingerprint density at radius 2 is 1.76 bits per heavy atom. The molecule has 4 rings (SSSR count). The van der Waals surface area contributed by atoms with Gasteiger partial charge in [0.05, 0.1) is 12.7 Å². The van der Waals surface area contributed by atoms with Crippen molar-refractivity contribution < 1.29 is 9.84 Å². The molecule has 2 aromatic rings. The van der Waals surface area contributed by atoms with Crippen LogP contribution in [-0.4, -0.2) is 36.8 Å². The van der Waals surface area contributed by atoms with Crippen molar-refractivity contribution >= 4 is 12.4 Å². The Bertz CT molecular complexity index is 785. The summed E-state index contributed by atoms with van der Waals surface area (Å²) >= 11 is 0. The van der Waals surface area contributed by atoms with Crippen LogP contribution in [0.2, 0.25) is 0 Å². The maximum atomic E-state index is 11.2. The number of ether oxygens (including phenoxy) is 1. The summed E-state index contributed by atoms with van der Waals surface area (Å²) in [5, 5.41) is 11.2. The third kappa shape index (κ3) is 4.96. The molecule has 1 aliphatic heterocycles. The Labute approximate surface area is 181 Å². The number of piperidine rings is 1. The number of hydrogen-bond donors (Lipinski definition) is 1. The van der Waals surface area contributed by atoms with E-state index in [1.54, 1.807) is 7.11 Å². The molecule has 4 heteroatoms. The molecule has 0 radical (unpaired) electrons. The topological polar surface area (TPSA) is 32.7 Å². The highest BCUT2D eigenvalue weighted by Gasteiger charge is 2.35. The molecule has 1 N–H and O–H groups in total. The lowest BCUT2D eigenvalue weighted by Gasteiger charge is -2.35. The summed E-state index contributed by atoms with van der Waals surface area (Å²) in [4.78, 5) is 2.62. The van der Waals surface area contributed by atoms with Crippen LogP contribution in [0, 0.1) is 5.92 Å². The van der Waals surface area contributed by atoms with Crippen molar-refractivity contribution in [1.29, 1.82) is 0 Å². The predicted octanol–water partition coefficient (Wildman–Crippen LogP) is 5.16. The van der Waals surface area contributed by atoms with E-state index in [4.69, 9.17) is 4.74 Å². The third-order valence-electron chi connectivity index (χ3n) is 6.80. The lowest BCUT2D eigenvalue weighted by Crippen LogP contribution is -2.38. The van der Waals surface area contributed by atoms with Crippen molar-refractivity contribution in [2.24, 2.45) is 5.92 Å². The maximum absolute atomic E-state index is 11.2. The number of fused-ring (bicyclic) bond motifs is 1. The summed E-state index contributed by atoms with van der Waals surface area (Å²) in [6.45, 7) is 5.39. The number of methoxy groups -OCH3 is 1. The molecule has 2 aromatic carbocycles. The highest BCUT2D eigenvalue weighted by Crippen LogP contribution is 2.40. The zero-order valence-electron chi connectivity index (χ0n) is 17.6. The van der Waals surface area contributed by atoms with Gasteiger partial charge in [-0.05, 0) is 81.1 Å². The van der Waals surface area contributed by atoms with E-state index >= 15 is 0 Å². The van der Waals surface area contributed by atoms with Gasteiger partial charge in [0.2, 0.25) is 0 Å². The second-order valence-electron chi connectivity index (χ2n) is 8.85. The van der Waals surface area contributed by atoms with E-state index in [0.717, 1.165) is 50.2 Å². The summed E-state index contributed by atoms with van der Waals surface area (Å²) in [5.41, 5.74) is 2.95. The summed E-state index contributed by atoms with van der Waals surface area (Å²) in [6, 6.07) is 17.0. The van der Waals surface area contributed by atoms with Crippen LogP contribution >= 0.6 is 12.4 Å². The first-order valence-electron chi connectivity index (χ1n) is 10.7. The van der Waals surface area contributed by atoms with Gasteiger partial charge in [-0.25, -0.2) is 0 Å². The molecule has 1 fully saturated rings. The smallest absolute Gasteiger partial charge is 0.122 e. The van der Waals surface area contributed by atoms with E-state index in [2.05, 4.69) is 41.3 Å². The largest absolute Gasteiger partial charge is 0.496 e. The molecule has 1 heterocycles. The molecule has 0 amide bonds. The van der Waals surface area contributed by atoms with Crippen molar-refractivity contribution in [1.82, 2.24) is 4.90 Å². The molecule has 0 aromatic heterocycles. The molecule has 2 unspecified atom stereocenters. The zero-order valence-corrected chi connectivity index (χ0v) is 18.5. The van der Waals surface area contributed by atoms with Crippen molar-refractivity contribution in [3.8, 4) is 5.75 Å². The lowest BCUT2D eigenvalue weighted by atomic mass is 9.85. The predicted molar refractivity (Wildman–Crippen MR) is 121 cm³/mol. The molecule has 158 valence electrons. The molecule has 0 bridgehead atoms. The van der Waals surface area contributed by atoms with E-state index in [9.17, 15) is 5.11 Å². The Balaban J connectivity index is 0.00000240. The maximum Gasteiger partial charge on any atom is 0.122 e. The van der Waals surface area contributed by atoms with Crippen LogP contribution in [0.4, 0.5) is 0 Å². The Hall–Kier alpha value is -1.55. The van der Waals surface area contributed by atoms with Crippen molar-refractivity contribution in [2.45, 2.75) is 50.5 Å². The van der Waals surface area contributed by atoms with E-state index in [-0.39, 0.29) is 12.4 Å². The van der Waals surface area contributed by atoms with Crippen molar-refractivity contribution in [3.63, 3.8) is 0 Å². The molecule has 2 aliphatic rings. The van der Waals surface area contributed by atoms with Gasteiger partial charge in [0.1, 0.15) is 5.75 Å². The van der Waals surface area contributed by atoms with Gasteiger partial charge in [-0.3, -0.25) is 0 Å². The minimum absolute atomic E-state index is 0. The molecule has 1 saturated heterocycles. The average molecular weight is 416 g/mol. The SMILES string of the molecule is COc1cccc2c1CCC(CN1CCC(c3ccccc3)CC1)CC2(C)O.Cl. The fourth-order valence-corrected chi connectivity index (χ4v) is 5.34. The van der Waals surface area contributed by atoms with E-state index in [1.807, 2.05) is 19.1 Å². The fourth-order valence-electron chi connectivity index (χ4n) is 5.34. The minimum atomic E-state index is -0.784. The van der Waals surface area contributed by atoms with Crippen LogP contribution in [0.25, 0.3) is 0 Å². The average Bonchev–Trinajstić information content (AvgIpc) is 2.85. The normalized spacial score (nSPS) is 25.6. The monoisotopic (exact) mass is 415 g/mol. The highest BCUT2D eigenvalue weighted by atomic mass is 35.5. The first-order chi connectivity index (χ1) is 13.6. The molecule has 3 nitrogen and oxygen atoms in total. The van der Waals surface area contributed by atoms with Gasteiger partial charge in [-0.15, -0.1) is 12.4 Å². The summed E-state index contributed by atoms with van der Waals surface area (Å²) in [7, 11) is 1.73. The Morgan fingerprint density at radius 3 is 2.45 bits per heavy atom. The third-order valence-corrected chi connectivity index (χ3v) is 6.80. The van der Waals surface area contributed by atoms with Crippen LogP contribution in [0.1, 0.15) is 55.2 Å². The van der Waals surface area contributed by atoms with E-state index in [0.29, 0.717) is 11.8 Å². The standard InChI is InChI=1S/C25H33NO2.ClH/c1-25(27)17-19(11-12-22-23(25)9-6-10-24(22)28-2)18-26-15-13-21(14-16-26)20-7-4-3-5-8-20;/h3-10,19,21,27H,11-18H2,1-2H3;1H. The number of benzene rings is 2. The number of aliphatic hydroxyl groups is 1. The highest BCUT2D eigenvalue weighted by molar-refractivity contribution is 5.85. The van der Waals surface area contributed by atoms with E-state index in [1.165, 1.54) is 24.0 Å². The molecule has 1 aliphatic carbocycles. The molecular weight excluding hydrogens is 382 g/mol. The van der Waals surface area contributed by atoms with Crippen LogP contribution < -0.4 is 4.74 Å². The number of likely N-dealkylation sites (tertiary alicyclic amines) is 1. The molecular formula is C25H34ClNO2. The number of nitrogens with zero attached hydrogens (tertiary/aromatic N) is 1. The number of hydrogen-bond acceptors (Lipinski definition) is 3. The van der Waals surface area contributed by atoms with Crippen LogP contribution in [0.5, 0.6) is 5.75 Å². The van der Waals surface area contributed by atoms with Gasteiger partial charge in [0.25, 0.3) is 0 Å². The first kappa shape index (κ1) is 22.1. The number of rotatable bonds is 4. The first-order valence-corrected chi connectivity index (χ1v) is 10.7. The van der Waals surface area contributed by atoms with Crippen molar-refractivity contribution in [3.05, 3.63) is 65.2 Å². The number of halogens is 1. The molecule has 0 saturated carbocycles. The molecule has 0 spiro atoms. The fraction of sp³-hybridized carbons (Fsp3) is 0.520. The van der Waals surface area contributed by atoms with Gasteiger partial charge in [-0.1, -0.05) is 42.5 Å². The Morgan fingerprint density at radius 1 is 1.03 bits per heavy atom. The zero-order chi connectivity index (χ0) is 19.6. The van der Waals surface area contributed by atoms with Crippen LogP contribution in [-0.2, 0) is 12.0 Å². The second-order valence-corrected chi connectivity index (χ2v) is 8.85. The van der Waals surface area contributed by atoms with Gasteiger partial charge in [-0.2, -0.15) is 0 Å². The van der Waals surface area contributed by atoms with Crippen LogP contribution in [0.15, 0.2) is 48.5 Å². The second kappa shape index (κ2) is 9.51. The van der Waals surface area contributed by atoms with Gasteiger partial charge in [0.15, 0.2) is 0 Å². The lowest BCUT2D eigenvalue weighted by molar-refractivity contribution is 0.0238.